The number of imidazole rings is 1. The number of thiazole rings is 1. The second-order valence-electron chi connectivity index (χ2n) is 5.18. The Labute approximate surface area is 129 Å². The minimum atomic E-state index is 0.103. The SMILES string of the molecule is COCCN(CCO)c1nc2sccn2c1CNC(C)C. The lowest BCUT2D eigenvalue weighted by molar-refractivity contribution is 0.202. The number of nitrogens with one attached hydrogen (secondary N) is 1. The van der Waals surface area contributed by atoms with Gasteiger partial charge in [0.05, 0.1) is 18.9 Å². The van der Waals surface area contributed by atoms with E-state index in [0.29, 0.717) is 19.2 Å². The highest BCUT2D eigenvalue weighted by Crippen LogP contribution is 2.24. The number of rotatable bonds is 9. The first-order valence-corrected chi connectivity index (χ1v) is 8.08. The van der Waals surface area contributed by atoms with E-state index in [0.717, 1.165) is 29.6 Å². The molecule has 2 aromatic rings. The third-order valence-corrected chi connectivity index (χ3v) is 4.01. The molecule has 6 nitrogen and oxygen atoms in total. The number of aliphatic hydroxyl groups is 1. The van der Waals surface area contributed by atoms with E-state index in [9.17, 15) is 5.11 Å². The minimum absolute atomic E-state index is 0.103. The summed E-state index contributed by atoms with van der Waals surface area (Å²) < 4.78 is 7.28. The summed E-state index contributed by atoms with van der Waals surface area (Å²) in [5.41, 5.74) is 1.13. The molecular weight excluding hydrogens is 288 g/mol. The summed E-state index contributed by atoms with van der Waals surface area (Å²) in [4.78, 5) is 7.78. The van der Waals surface area contributed by atoms with Crippen molar-refractivity contribution in [3.63, 3.8) is 0 Å². The van der Waals surface area contributed by atoms with Crippen molar-refractivity contribution >= 4 is 22.1 Å². The predicted molar refractivity (Wildman–Crippen MR) is 86.2 cm³/mol. The van der Waals surface area contributed by atoms with E-state index in [2.05, 4.69) is 28.5 Å². The molecule has 0 amide bonds. The Hall–Kier alpha value is -1.15. The average molecular weight is 312 g/mol. The van der Waals surface area contributed by atoms with E-state index < -0.39 is 0 Å². The molecule has 0 aliphatic rings. The van der Waals surface area contributed by atoms with Crippen LogP contribution in [0.5, 0.6) is 0 Å². The van der Waals surface area contributed by atoms with Gasteiger partial charge >= 0.3 is 0 Å². The van der Waals surface area contributed by atoms with Crippen LogP contribution in [0.2, 0.25) is 0 Å². The zero-order valence-electron chi connectivity index (χ0n) is 12.9. The molecule has 2 rings (SSSR count). The van der Waals surface area contributed by atoms with Crippen molar-refractivity contribution in [2.45, 2.75) is 26.4 Å². The van der Waals surface area contributed by atoms with Gasteiger partial charge in [0.2, 0.25) is 0 Å². The van der Waals surface area contributed by atoms with Crippen molar-refractivity contribution < 1.29 is 9.84 Å². The number of ether oxygens (including phenoxy) is 1. The first-order valence-electron chi connectivity index (χ1n) is 7.20. The molecule has 0 bridgehead atoms. The van der Waals surface area contributed by atoms with E-state index in [1.54, 1.807) is 18.4 Å². The van der Waals surface area contributed by atoms with E-state index in [-0.39, 0.29) is 6.61 Å². The second kappa shape index (κ2) is 7.74. The summed E-state index contributed by atoms with van der Waals surface area (Å²) in [7, 11) is 1.68. The van der Waals surface area contributed by atoms with Gasteiger partial charge in [-0.1, -0.05) is 13.8 Å². The Morgan fingerprint density at radius 2 is 2.29 bits per heavy atom. The van der Waals surface area contributed by atoms with Crippen molar-refractivity contribution in [3.8, 4) is 0 Å². The van der Waals surface area contributed by atoms with Crippen molar-refractivity contribution in [1.82, 2.24) is 14.7 Å². The van der Waals surface area contributed by atoms with Gasteiger partial charge in [-0.05, 0) is 0 Å². The van der Waals surface area contributed by atoms with Gasteiger partial charge < -0.3 is 20.1 Å². The number of nitrogens with zero attached hydrogens (tertiary/aromatic N) is 3. The average Bonchev–Trinajstić information content (AvgIpc) is 3.02. The first-order chi connectivity index (χ1) is 10.2. The fourth-order valence-corrected chi connectivity index (χ4v) is 2.91. The Balaban J connectivity index is 2.30. The Morgan fingerprint density at radius 3 is 2.95 bits per heavy atom. The van der Waals surface area contributed by atoms with Crippen molar-refractivity contribution in [3.05, 3.63) is 17.3 Å². The number of aromatic nitrogens is 2. The normalized spacial score (nSPS) is 11.7. The lowest BCUT2D eigenvalue weighted by atomic mass is 10.3. The summed E-state index contributed by atoms with van der Waals surface area (Å²) in [6, 6.07) is 0.410. The molecule has 0 saturated heterocycles. The summed E-state index contributed by atoms with van der Waals surface area (Å²) in [5, 5.41) is 14.8. The largest absolute Gasteiger partial charge is 0.395 e. The fraction of sp³-hybridized carbons (Fsp3) is 0.643. The van der Waals surface area contributed by atoms with Crippen molar-refractivity contribution in [2.24, 2.45) is 0 Å². The zero-order chi connectivity index (χ0) is 15.2. The molecule has 118 valence electrons. The molecule has 21 heavy (non-hydrogen) atoms. The summed E-state index contributed by atoms with van der Waals surface area (Å²) >= 11 is 1.62. The maximum atomic E-state index is 9.30. The van der Waals surface area contributed by atoms with Gasteiger partial charge in [0, 0.05) is 44.4 Å². The fourth-order valence-electron chi connectivity index (χ4n) is 2.19. The highest BCUT2D eigenvalue weighted by atomic mass is 32.1. The van der Waals surface area contributed by atoms with Crippen LogP contribution in [0, 0.1) is 0 Å². The smallest absolute Gasteiger partial charge is 0.195 e. The minimum Gasteiger partial charge on any atom is -0.395 e. The molecule has 0 atom stereocenters. The van der Waals surface area contributed by atoms with Crippen LogP contribution < -0.4 is 10.2 Å². The zero-order valence-corrected chi connectivity index (χ0v) is 13.7. The van der Waals surface area contributed by atoms with Crippen LogP contribution >= 0.6 is 11.3 Å². The third-order valence-electron chi connectivity index (χ3n) is 3.25. The highest BCUT2D eigenvalue weighted by molar-refractivity contribution is 7.15. The van der Waals surface area contributed by atoms with Gasteiger partial charge in [-0.25, -0.2) is 4.98 Å². The van der Waals surface area contributed by atoms with Gasteiger partial charge in [0.1, 0.15) is 0 Å². The van der Waals surface area contributed by atoms with Gasteiger partial charge in [0.15, 0.2) is 10.8 Å². The van der Waals surface area contributed by atoms with Gasteiger partial charge in [-0.2, -0.15) is 0 Å². The van der Waals surface area contributed by atoms with E-state index in [1.165, 1.54) is 0 Å². The van der Waals surface area contributed by atoms with Gasteiger partial charge in [-0.3, -0.25) is 4.40 Å². The molecule has 0 fully saturated rings. The van der Waals surface area contributed by atoms with Gasteiger partial charge in [0.25, 0.3) is 0 Å². The number of anilines is 1. The molecule has 0 saturated carbocycles. The van der Waals surface area contributed by atoms with Crippen LogP contribution in [0.3, 0.4) is 0 Å². The Kier molecular flexibility index (Phi) is 5.98. The molecule has 0 radical (unpaired) electrons. The summed E-state index contributed by atoms with van der Waals surface area (Å²) in [6.07, 6.45) is 2.04. The van der Waals surface area contributed by atoms with Crippen LogP contribution in [0.1, 0.15) is 19.5 Å². The first kappa shape index (κ1) is 16.2. The number of fused-ring (bicyclic) bond motifs is 1. The summed E-state index contributed by atoms with van der Waals surface area (Å²) in [5.74, 6) is 0.932. The second-order valence-corrected chi connectivity index (χ2v) is 6.05. The molecular formula is C14H24N4O2S. The maximum Gasteiger partial charge on any atom is 0.195 e. The Bertz CT molecular complexity index is 552. The number of methoxy groups -OCH3 is 1. The van der Waals surface area contributed by atoms with Crippen LogP contribution in [-0.4, -0.2) is 53.9 Å². The third kappa shape index (κ3) is 3.94. The highest BCUT2D eigenvalue weighted by Gasteiger charge is 2.18. The molecule has 0 aromatic carbocycles. The molecule has 2 N–H and O–H groups in total. The van der Waals surface area contributed by atoms with E-state index in [4.69, 9.17) is 9.72 Å². The molecule has 2 heterocycles. The maximum absolute atomic E-state index is 9.30. The van der Waals surface area contributed by atoms with E-state index >= 15 is 0 Å². The van der Waals surface area contributed by atoms with E-state index in [1.807, 2.05) is 11.6 Å². The lowest BCUT2D eigenvalue weighted by Gasteiger charge is -2.23. The van der Waals surface area contributed by atoms with Crippen molar-refractivity contribution in [2.75, 3.05) is 38.3 Å². The van der Waals surface area contributed by atoms with Gasteiger partial charge in [-0.15, -0.1) is 11.3 Å². The standard InChI is InChI=1S/C14H24N4O2S/c1-11(2)15-10-12-13(16-14-18(12)6-9-21-14)17(4-7-19)5-8-20-3/h6,9,11,15,19H,4-5,7-8,10H2,1-3H3. The number of aliphatic hydroxyl groups excluding tert-OH is 1. The molecule has 2 aromatic heterocycles. The van der Waals surface area contributed by atoms with Crippen molar-refractivity contribution in [1.29, 1.82) is 0 Å². The lowest BCUT2D eigenvalue weighted by Crippen LogP contribution is -2.32. The topological polar surface area (TPSA) is 62.0 Å². The monoisotopic (exact) mass is 312 g/mol. The molecule has 0 spiro atoms. The Morgan fingerprint density at radius 1 is 1.48 bits per heavy atom. The quantitative estimate of drug-likeness (QED) is 0.732. The molecule has 0 aliphatic heterocycles. The predicted octanol–water partition coefficient (Wildman–Crippen LogP) is 1.34. The number of hydrogen-bond acceptors (Lipinski definition) is 6. The molecule has 0 aliphatic carbocycles. The molecule has 0 unspecified atom stereocenters. The number of hydrogen-bond donors (Lipinski definition) is 2. The van der Waals surface area contributed by atoms with Crippen LogP contribution in [0.15, 0.2) is 11.6 Å². The van der Waals surface area contributed by atoms with Crippen LogP contribution in [0.25, 0.3) is 4.96 Å². The summed E-state index contributed by atoms with van der Waals surface area (Å²) in [6.45, 7) is 7.00. The van der Waals surface area contributed by atoms with Crippen LogP contribution in [-0.2, 0) is 11.3 Å². The molecule has 7 heteroatoms. The van der Waals surface area contributed by atoms with Crippen LogP contribution in [0.4, 0.5) is 5.82 Å².